The molecule has 0 heterocycles. The van der Waals surface area contributed by atoms with Gasteiger partial charge in [-0.25, -0.2) is 0 Å². The van der Waals surface area contributed by atoms with Gasteiger partial charge in [0, 0.05) is 26.4 Å². The number of hydrogen-bond acceptors (Lipinski definition) is 5. The molecule has 0 aromatic carbocycles. The first-order valence-corrected chi connectivity index (χ1v) is 2.68. The summed E-state index contributed by atoms with van der Waals surface area (Å²) in [4.78, 5) is 9.51. The summed E-state index contributed by atoms with van der Waals surface area (Å²) in [5, 5.41) is 7.75. The van der Waals surface area contributed by atoms with Gasteiger partial charge in [0.1, 0.15) is 0 Å². The van der Waals surface area contributed by atoms with E-state index in [1.165, 1.54) is 6.92 Å². The van der Waals surface area contributed by atoms with Crippen LogP contribution in [0, 0.1) is 0 Å². The van der Waals surface area contributed by atoms with Crippen molar-refractivity contribution in [1.29, 1.82) is 0 Å². The fourth-order valence-electron chi connectivity index (χ4n) is 0. The molecule has 4 nitrogen and oxygen atoms in total. The third-order valence-corrected chi connectivity index (χ3v) is 0.515. The Morgan fingerprint density at radius 2 is 2.11 bits per heavy atom. The number of thiol groups is 1. The Morgan fingerprint density at radius 1 is 1.89 bits per heavy atom. The predicted molar refractivity (Wildman–Crippen MR) is 36.9 cm³/mol. The molecule has 9 heavy (non-hydrogen) atoms. The zero-order valence-electron chi connectivity index (χ0n) is 5.20. The zero-order chi connectivity index (χ0) is 7.70. The highest BCUT2D eigenvalue weighted by molar-refractivity contribution is 7.75. The topological polar surface area (TPSA) is 72.5 Å². The molecule has 0 saturated carbocycles. The van der Waals surface area contributed by atoms with E-state index < -0.39 is 0 Å². The van der Waals surface area contributed by atoms with Gasteiger partial charge in [-0.1, -0.05) is 0 Å². The highest BCUT2D eigenvalue weighted by Crippen LogP contribution is 1.74. The molecular weight excluding hydrogens is 142 g/mol. The van der Waals surface area contributed by atoms with Gasteiger partial charge >= 0.3 is 5.97 Å². The second-order valence-electron chi connectivity index (χ2n) is 1.10. The molecule has 0 aromatic heterocycles. The normalized spacial score (nSPS) is 7.11. The van der Waals surface area contributed by atoms with Gasteiger partial charge in [-0.2, -0.15) is 0 Å². The van der Waals surface area contributed by atoms with E-state index in [9.17, 15) is 4.79 Å². The third kappa shape index (κ3) is 34.0. The predicted octanol–water partition coefficient (Wildman–Crippen LogP) is -0.668. The summed E-state index contributed by atoms with van der Waals surface area (Å²) in [5.74, 6) is -0.381. The van der Waals surface area contributed by atoms with E-state index in [1.807, 2.05) is 0 Å². The second kappa shape index (κ2) is 10.7. The van der Waals surface area contributed by atoms with Crippen LogP contribution < -0.4 is 5.73 Å². The minimum Gasteiger partial charge on any atom is -0.395 e. The lowest BCUT2D eigenvalue weighted by Crippen LogP contribution is -2.02. The summed E-state index contributed by atoms with van der Waals surface area (Å²) in [6.07, 6.45) is 0. The van der Waals surface area contributed by atoms with E-state index in [0.717, 1.165) is 0 Å². The summed E-state index contributed by atoms with van der Waals surface area (Å²) < 4.78 is 3.81. The van der Waals surface area contributed by atoms with Gasteiger partial charge in [0.15, 0.2) is 0 Å². The van der Waals surface area contributed by atoms with Gasteiger partial charge < -0.3 is 15.0 Å². The van der Waals surface area contributed by atoms with Crippen LogP contribution in [-0.4, -0.2) is 24.2 Å². The maximum atomic E-state index is 9.51. The molecule has 0 aliphatic heterocycles. The van der Waals surface area contributed by atoms with Gasteiger partial charge in [0.05, 0.1) is 6.61 Å². The van der Waals surface area contributed by atoms with Crippen molar-refractivity contribution in [3.8, 4) is 0 Å². The minimum absolute atomic E-state index is 0.0972. The lowest BCUT2D eigenvalue weighted by atomic mass is 10.8. The summed E-state index contributed by atoms with van der Waals surface area (Å²) >= 11 is 3.17. The van der Waals surface area contributed by atoms with E-state index in [1.54, 1.807) is 0 Å². The molecule has 0 radical (unpaired) electrons. The van der Waals surface area contributed by atoms with Gasteiger partial charge in [-0.15, -0.1) is 0 Å². The van der Waals surface area contributed by atoms with Crippen LogP contribution in [0.3, 0.4) is 0 Å². The Labute approximate surface area is 59.6 Å². The smallest absolute Gasteiger partial charge is 0.314 e. The van der Waals surface area contributed by atoms with Gasteiger partial charge in [-0.05, 0) is 0 Å². The first kappa shape index (κ1) is 11.5. The number of carbonyl (C=O) groups excluding carboxylic acids is 1. The molecular formula is C4H11NO3S. The van der Waals surface area contributed by atoms with Crippen molar-refractivity contribution < 1.29 is 14.1 Å². The first-order valence-electron chi connectivity index (χ1n) is 2.32. The van der Waals surface area contributed by atoms with Crippen molar-refractivity contribution in [2.75, 3.05) is 13.2 Å². The quantitative estimate of drug-likeness (QED) is 0.345. The highest BCUT2D eigenvalue weighted by Gasteiger charge is 1.77. The summed E-state index contributed by atoms with van der Waals surface area (Å²) in [7, 11) is 0. The average molecular weight is 153 g/mol. The van der Waals surface area contributed by atoms with Crippen LogP contribution in [-0.2, 0) is 8.98 Å². The van der Waals surface area contributed by atoms with Crippen molar-refractivity contribution >= 4 is 18.9 Å². The summed E-state index contributed by atoms with van der Waals surface area (Å²) in [6, 6.07) is 0. The molecule has 0 amide bonds. The molecule has 0 rings (SSSR count). The highest BCUT2D eigenvalue weighted by atomic mass is 32.1. The van der Waals surface area contributed by atoms with Crippen molar-refractivity contribution in [3.63, 3.8) is 0 Å². The molecule has 0 fully saturated rings. The molecule has 56 valence electrons. The molecule has 0 aliphatic carbocycles. The minimum atomic E-state index is -0.381. The Bertz CT molecular complexity index is 66.8. The fourth-order valence-corrected chi connectivity index (χ4v) is 0. The lowest BCUT2D eigenvalue weighted by molar-refractivity contribution is -0.130. The lowest BCUT2D eigenvalue weighted by Gasteiger charge is -1.77. The number of hydrogen-bond donors (Lipinski definition) is 3. The molecule has 0 atom stereocenters. The van der Waals surface area contributed by atoms with E-state index in [-0.39, 0.29) is 12.6 Å². The average Bonchev–Trinajstić information content (AvgIpc) is 1.89. The molecule has 0 spiro atoms. The van der Waals surface area contributed by atoms with Crippen molar-refractivity contribution in [2.45, 2.75) is 6.92 Å². The second-order valence-corrected chi connectivity index (χ2v) is 1.28. The van der Waals surface area contributed by atoms with E-state index in [0.29, 0.717) is 6.54 Å². The Morgan fingerprint density at radius 3 is 2.11 bits per heavy atom. The van der Waals surface area contributed by atoms with E-state index in [2.05, 4.69) is 17.1 Å². The summed E-state index contributed by atoms with van der Waals surface area (Å²) in [6.45, 7) is 1.76. The summed E-state index contributed by atoms with van der Waals surface area (Å²) in [5.41, 5.74) is 4.78. The van der Waals surface area contributed by atoms with Gasteiger partial charge in [-0.3, -0.25) is 4.79 Å². The van der Waals surface area contributed by atoms with Crippen LogP contribution in [0.25, 0.3) is 0 Å². The molecule has 0 saturated heterocycles. The molecule has 0 unspecified atom stereocenters. The standard InChI is InChI=1S/C2H7NO.C2H4O2S/c3-1-2-4;1-2(3)4-5/h4H,1-3H2;5H,1H3. The molecule has 3 N–H and O–H groups in total. The maximum Gasteiger partial charge on any atom is 0.314 e. The van der Waals surface area contributed by atoms with Crippen LogP contribution >= 0.6 is 12.9 Å². The van der Waals surface area contributed by atoms with Crippen molar-refractivity contribution in [2.24, 2.45) is 5.73 Å². The third-order valence-electron chi connectivity index (χ3n) is 0.258. The number of rotatable bonds is 1. The number of aliphatic hydroxyl groups excluding tert-OH is 1. The fraction of sp³-hybridized carbons (Fsp3) is 0.750. The number of carbonyl (C=O) groups is 1. The molecule has 0 aliphatic rings. The Balaban J connectivity index is 0. The first-order chi connectivity index (χ1) is 4.18. The SMILES string of the molecule is CC(=O)OS.NCCO. The number of nitrogens with two attached hydrogens (primary N) is 1. The molecule has 0 aromatic rings. The maximum absolute atomic E-state index is 9.51. The molecule has 5 heteroatoms. The zero-order valence-corrected chi connectivity index (χ0v) is 6.10. The van der Waals surface area contributed by atoms with Crippen LogP contribution in [0.15, 0.2) is 0 Å². The van der Waals surface area contributed by atoms with Gasteiger partial charge in [0.25, 0.3) is 0 Å². The largest absolute Gasteiger partial charge is 0.395 e. The van der Waals surface area contributed by atoms with Crippen LogP contribution in [0.1, 0.15) is 6.92 Å². The van der Waals surface area contributed by atoms with Crippen LogP contribution in [0.2, 0.25) is 0 Å². The van der Waals surface area contributed by atoms with Gasteiger partial charge in [0.2, 0.25) is 0 Å². The Kier molecular flexibility index (Phi) is 13.7. The van der Waals surface area contributed by atoms with Crippen LogP contribution in [0.4, 0.5) is 0 Å². The van der Waals surface area contributed by atoms with Crippen LogP contribution in [0.5, 0.6) is 0 Å². The van der Waals surface area contributed by atoms with E-state index >= 15 is 0 Å². The van der Waals surface area contributed by atoms with Crippen molar-refractivity contribution in [1.82, 2.24) is 0 Å². The molecule has 0 bridgehead atoms. The Hall–Kier alpha value is -0.260. The number of aliphatic hydroxyl groups is 1. The van der Waals surface area contributed by atoms with E-state index in [4.69, 9.17) is 10.8 Å². The van der Waals surface area contributed by atoms with Crippen molar-refractivity contribution in [3.05, 3.63) is 0 Å². The monoisotopic (exact) mass is 153 g/mol.